The number of aromatic nitrogens is 3. The molecule has 1 aliphatic heterocycles. The predicted molar refractivity (Wildman–Crippen MR) is 94.8 cm³/mol. The third kappa shape index (κ3) is 3.52. The van der Waals surface area contributed by atoms with Crippen molar-refractivity contribution in [3.63, 3.8) is 0 Å². The number of hydrogen-bond donors (Lipinski definition) is 0. The third-order valence-corrected chi connectivity index (χ3v) is 6.38. The molecule has 0 aliphatic carbocycles. The second-order valence-electron chi connectivity index (χ2n) is 6.62. The van der Waals surface area contributed by atoms with Gasteiger partial charge >= 0.3 is 0 Å². The summed E-state index contributed by atoms with van der Waals surface area (Å²) >= 11 is 0. The summed E-state index contributed by atoms with van der Waals surface area (Å²) in [6, 6.07) is 5.81. The minimum atomic E-state index is -3.72. The number of nitrogens with zero attached hydrogens (tertiary/aromatic N) is 4. The van der Waals surface area contributed by atoms with Gasteiger partial charge in [-0.25, -0.2) is 22.8 Å². The highest BCUT2D eigenvalue weighted by Gasteiger charge is 2.39. The quantitative estimate of drug-likeness (QED) is 0.669. The summed E-state index contributed by atoms with van der Waals surface area (Å²) in [5, 5.41) is 0.0171. The first-order valence-electron chi connectivity index (χ1n) is 8.62. The predicted octanol–water partition coefficient (Wildman–Crippen LogP) is 2.66. The fraction of sp³-hybridized carbons (Fsp3) is 0.333. The van der Waals surface area contributed by atoms with Crippen LogP contribution in [0.2, 0.25) is 0 Å². The number of benzene rings is 1. The molecule has 1 aromatic carbocycles. The highest BCUT2D eigenvalue weighted by atomic mass is 32.2. The zero-order chi connectivity index (χ0) is 19.0. The van der Waals surface area contributed by atoms with Gasteiger partial charge in [-0.05, 0) is 30.5 Å². The molecular weight excluding hydrogens is 371 g/mol. The molecule has 2 aromatic heterocycles. The maximum absolute atomic E-state index is 13.3. The number of hydrogen-bond acceptors (Lipinski definition) is 5. The summed E-state index contributed by atoms with van der Waals surface area (Å²) in [5.41, 5.74) is 0.766. The average Bonchev–Trinajstić information content (AvgIpc) is 3.34. The topological polar surface area (TPSA) is 81.2 Å². The molecule has 0 N–H and O–H groups in total. The molecule has 0 bridgehead atoms. The average molecular weight is 390 g/mol. The van der Waals surface area contributed by atoms with Crippen LogP contribution in [0.25, 0.3) is 0 Å². The molecule has 4 rings (SSSR count). The molecule has 0 saturated carbocycles. The van der Waals surface area contributed by atoms with E-state index in [0.717, 1.165) is 12.0 Å². The molecule has 1 fully saturated rings. The van der Waals surface area contributed by atoms with Gasteiger partial charge in [-0.15, -0.1) is 0 Å². The van der Waals surface area contributed by atoms with Gasteiger partial charge in [0.15, 0.2) is 5.03 Å². The van der Waals surface area contributed by atoms with Gasteiger partial charge in [-0.2, -0.15) is 4.31 Å². The lowest BCUT2D eigenvalue weighted by Crippen LogP contribution is -2.31. The summed E-state index contributed by atoms with van der Waals surface area (Å²) in [5.74, 6) is 0.617. The van der Waals surface area contributed by atoms with Crippen molar-refractivity contribution in [2.24, 2.45) is 7.05 Å². The van der Waals surface area contributed by atoms with E-state index in [-0.39, 0.29) is 10.8 Å². The number of sulfonamides is 1. The fourth-order valence-electron chi connectivity index (χ4n) is 3.32. The summed E-state index contributed by atoms with van der Waals surface area (Å²) in [7, 11) is -2.00. The van der Waals surface area contributed by atoms with E-state index >= 15 is 0 Å². The third-order valence-electron chi connectivity index (χ3n) is 4.58. The Hall–Kier alpha value is -2.52. The second-order valence-corrected chi connectivity index (χ2v) is 8.46. The Balaban J connectivity index is 1.57. The van der Waals surface area contributed by atoms with E-state index in [4.69, 9.17) is 4.42 Å². The first-order chi connectivity index (χ1) is 12.9. The zero-order valence-electron chi connectivity index (χ0n) is 14.7. The molecule has 9 heteroatoms. The van der Waals surface area contributed by atoms with Crippen molar-refractivity contribution in [1.29, 1.82) is 0 Å². The lowest BCUT2D eigenvalue weighted by Gasteiger charge is -2.20. The molecule has 0 unspecified atom stereocenters. The standard InChI is InChI=1S/C18H19FN4O3S/c1-22-11-17(21-12-22)27(24,25)23-7-3-6-16(23)18-20-10-15(26-18)9-13-4-2-5-14(19)8-13/h2,4-5,8,10-12,16H,3,6-7,9H2,1H3/t16-/m0/s1. The molecule has 1 aliphatic rings. The van der Waals surface area contributed by atoms with Gasteiger partial charge in [0.05, 0.1) is 12.5 Å². The van der Waals surface area contributed by atoms with Gasteiger partial charge in [-0.1, -0.05) is 12.1 Å². The molecule has 142 valence electrons. The zero-order valence-corrected chi connectivity index (χ0v) is 15.6. The van der Waals surface area contributed by atoms with E-state index in [1.54, 1.807) is 29.9 Å². The molecule has 3 aromatic rings. The number of imidazole rings is 1. The number of rotatable bonds is 5. The lowest BCUT2D eigenvalue weighted by molar-refractivity contribution is 0.321. The molecule has 0 radical (unpaired) electrons. The normalized spacial score (nSPS) is 18.2. The van der Waals surface area contributed by atoms with Crippen LogP contribution in [0.4, 0.5) is 4.39 Å². The summed E-state index contributed by atoms with van der Waals surface area (Å²) in [6.45, 7) is 0.394. The first kappa shape index (κ1) is 17.9. The molecule has 7 nitrogen and oxygen atoms in total. The molecule has 0 amide bonds. The minimum absolute atomic E-state index is 0.0171. The van der Waals surface area contributed by atoms with Crippen LogP contribution in [0.3, 0.4) is 0 Å². The Morgan fingerprint density at radius 2 is 2.19 bits per heavy atom. The highest BCUT2D eigenvalue weighted by molar-refractivity contribution is 7.89. The molecule has 3 heterocycles. The van der Waals surface area contributed by atoms with Crippen molar-refractivity contribution < 1.29 is 17.2 Å². The summed E-state index contributed by atoms with van der Waals surface area (Å²) in [4.78, 5) is 8.26. The Morgan fingerprint density at radius 3 is 2.93 bits per heavy atom. The second kappa shape index (κ2) is 6.90. The van der Waals surface area contributed by atoms with Gasteiger partial charge in [0, 0.05) is 26.2 Å². The number of oxazole rings is 1. The van der Waals surface area contributed by atoms with Crippen LogP contribution in [0.5, 0.6) is 0 Å². The van der Waals surface area contributed by atoms with Gasteiger partial charge in [0.2, 0.25) is 5.89 Å². The highest BCUT2D eigenvalue weighted by Crippen LogP contribution is 2.36. The van der Waals surface area contributed by atoms with E-state index in [1.165, 1.54) is 29.0 Å². The van der Waals surface area contributed by atoms with Crippen molar-refractivity contribution in [3.05, 3.63) is 66.0 Å². The van der Waals surface area contributed by atoms with Crippen LogP contribution >= 0.6 is 0 Å². The Kier molecular flexibility index (Phi) is 4.56. The van der Waals surface area contributed by atoms with Crippen LogP contribution in [0.1, 0.15) is 36.1 Å². The maximum atomic E-state index is 13.3. The smallest absolute Gasteiger partial charge is 0.262 e. The molecular formula is C18H19FN4O3S. The Labute approximate surface area is 156 Å². The molecule has 1 atom stereocenters. The van der Waals surface area contributed by atoms with Crippen molar-refractivity contribution >= 4 is 10.0 Å². The van der Waals surface area contributed by atoms with Gasteiger partial charge < -0.3 is 8.98 Å². The van der Waals surface area contributed by atoms with Gasteiger partial charge in [0.25, 0.3) is 10.0 Å². The van der Waals surface area contributed by atoms with E-state index in [0.29, 0.717) is 31.0 Å². The van der Waals surface area contributed by atoms with Gasteiger partial charge in [0.1, 0.15) is 17.6 Å². The fourth-order valence-corrected chi connectivity index (χ4v) is 4.94. The SMILES string of the molecule is Cn1cnc(S(=O)(=O)N2CCC[C@H]2c2ncc(Cc3cccc(F)c3)o2)c1. The van der Waals surface area contributed by atoms with E-state index in [2.05, 4.69) is 9.97 Å². The maximum Gasteiger partial charge on any atom is 0.262 e. The number of aryl methyl sites for hydroxylation is 1. The number of halogens is 1. The summed E-state index contributed by atoms with van der Waals surface area (Å²) < 4.78 is 48.0. The van der Waals surface area contributed by atoms with Crippen molar-refractivity contribution in [2.75, 3.05) is 6.54 Å². The van der Waals surface area contributed by atoms with Crippen molar-refractivity contribution in [2.45, 2.75) is 30.3 Å². The van der Waals surface area contributed by atoms with Crippen LogP contribution in [-0.4, -0.2) is 33.8 Å². The molecule has 27 heavy (non-hydrogen) atoms. The molecule has 0 spiro atoms. The largest absolute Gasteiger partial charge is 0.444 e. The summed E-state index contributed by atoms with van der Waals surface area (Å²) in [6.07, 6.45) is 6.26. The minimum Gasteiger partial charge on any atom is -0.444 e. The van der Waals surface area contributed by atoms with Crippen LogP contribution < -0.4 is 0 Å². The van der Waals surface area contributed by atoms with E-state index in [9.17, 15) is 12.8 Å². The van der Waals surface area contributed by atoms with Gasteiger partial charge in [-0.3, -0.25) is 0 Å². The Morgan fingerprint density at radius 1 is 1.33 bits per heavy atom. The monoisotopic (exact) mass is 390 g/mol. The van der Waals surface area contributed by atoms with Crippen molar-refractivity contribution in [3.8, 4) is 0 Å². The van der Waals surface area contributed by atoms with Crippen LogP contribution in [-0.2, 0) is 23.5 Å². The first-order valence-corrected chi connectivity index (χ1v) is 10.1. The van der Waals surface area contributed by atoms with Crippen LogP contribution in [0, 0.1) is 5.82 Å². The van der Waals surface area contributed by atoms with Crippen LogP contribution in [0.15, 0.2) is 52.4 Å². The Bertz CT molecular complexity index is 1060. The van der Waals surface area contributed by atoms with E-state index < -0.39 is 16.1 Å². The van der Waals surface area contributed by atoms with Crippen molar-refractivity contribution in [1.82, 2.24) is 18.8 Å². The molecule has 1 saturated heterocycles. The van der Waals surface area contributed by atoms with E-state index in [1.807, 2.05) is 0 Å². The lowest BCUT2D eigenvalue weighted by atomic mass is 10.1.